The molecule has 4 nitrogen and oxygen atoms in total. The van der Waals surface area contributed by atoms with Crippen LogP contribution in [0.5, 0.6) is 0 Å². The smallest absolute Gasteiger partial charge is 0.153 e. The number of aromatic nitrogens is 3. The van der Waals surface area contributed by atoms with Crippen molar-refractivity contribution in [2.45, 2.75) is 6.61 Å². The molecule has 3 rings (SSSR count). The molecule has 0 bridgehead atoms. The Balaban J connectivity index is 2.27. The molecule has 0 unspecified atom stereocenters. The molecule has 0 amide bonds. The fraction of sp³-hybridized carbons (Fsp3) is 0.154. The highest BCUT2D eigenvalue weighted by Gasteiger charge is 2.16. The first-order valence-electron chi connectivity index (χ1n) is 5.61. The van der Waals surface area contributed by atoms with E-state index in [0.717, 1.165) is 22.3 Å². The SMILES string of the molecule is Cn1c(-c2c[nH]c3ccccc23)nc(Cl)c1CO. The number of imidazole rings is 1. The maximum atomic E-state index is 9.27. The molecular formula is C13H12ClN3O. The lowest BCUT2D eigenvalue weighted by atomic mass is 10.1. The molecule has 0 spiro atoms. The van der Waals surface area contributed by atoms with Gasteiger partial charge in [0.05, 0.1) is 12.3 Å². The van der Waals surface area contributed by atoms with Crippen molar-refractivity contribution in [1.82, 2.24) is 14.5 Å². The van der Waals surface area contributed by atoms with Crippen LogP contribution in [0.2, 0.25) is 5.15 Å². The highest BCUT2D eigenvalue weighted by atomic mass is 35.5. The zero-order valence-corrected chi connectivity index (χ0v) is 10.6. The third kappa shape index (κ3) is 1.54. The van der Waals surface area contributed by atoms with E-state index in [2.05, 4.69) is 9.97 Å². The second-order valence-corrected chi connectivity index (χ2v) is 4.50. The average Bonchev–Trinajstić information content (AvgIpc) is 2.91. The molecule has 1 aromatic carbocycles. The standard InChI is InChI=1S/C13H12ClN3O/c1-17-11(7-18)12(14)16-13(17)9-6-15-10-5-3-2-4-8(9)10/h2-6,15,18H,7H2,1H3. The number of rotatable bonds is 2. The van der Waals surface area contributed by atoms with Crippen molar-refractivity contribution < 1.29 is 5.11 Å². The van der Waals surface area contributed by atoms with E-state index in [-0.39, 0.29) is 6.61 Å². The second-order valence-electron chi connectivity index (χ2n) is 4.14. The monoisotopic (exact) mass is 261 g/mol. The summed E-state index contributed by atoms with van der Waals surface area (Å²) in [6.07, 6.45) is 1.91. The summed E-state index contributed by atoms with van der Waals surface area (Å²) in [6, 6.07) is 8.00. The summed E-state index contributed by atoms with van der Waals surface area (Å²) < 4.78 is 1.82. The van der Waals surface area contributed by atoms with Gasteiger partial charge in [-0.25, -0.2) is 4.98 Å². The van der Waals surface area contributed by atoms with Crippen molar-refractivity contribution in [2.75, 3.05) is 0 Å². The number of aliphatic hydroxyl groups is 1. The zero-order valence-electron chi connectivity index (χ0n) is 9.81. The average molecular weight is 262 g/mol. The molecule has 18 heavy (non-hydrogen) atoms. The Kier molecular flexibility index (Phi) is 2.61. The van der Waals surface area contributed by atoms with Gasteiger partial charge in [-0.2, -0.15) is 0 Å². The van der Waals surface area contributed by atoms with Gasteiger partial charge >= 0.3 is 0 Å². The third-order valence-corrected chi connectivity index (χ3v) is 3.45. The predicted octanol–water partition coefficient (Wildman–Crippen LogP) is 2.71. The maximum Gasteiger partial charge on any atom is 0.153 e. The first-order valence-corrected chi connectivity index (χ1v) is 5.98. The molecule has 0 radical (unpaired) electrons. The number of para-hydroxylation sites is 1. The van der Waals surface area contributed by atoms with Crippen LogP contribution in [0.1, 0.15) is 5.69 Å². The number of nitrogens with one attached hydrogen (secondary N) is 1. The molecule has 2 aromatic heterocycles. The molecular weight excluding hydrogens is 250 g/mol. The Morgan fingerprint density at radius 3 is 2.89 bits per heavy atom. The number of nitrogens with zero attached hydrogens (tertiary/aromatic N) is 2. The molecule has 0 aliphatic carbocycles. The molecule has 2 heterocycles. The van der Waals surface area contributed by atoms with Crippen LogP contribution in [0.4, 0.5) is 0 Å². The fourth-order valence-electron chi connectivity index (χ4n) is 2.17. The molecule has 0 aliphatic heterocycles. The van der Waals surface area contributed by atoms with Crippen molar-refractivity contribution in [1.29, 1.82) is 0 Å². The first-order chi connectivity index (χ1) is 8.72. The van der Waals surface area contributed by atoms with E-state index in [1.54, 1.807) is 0 Å². The lowest BCUT2D eigenvalue weighted by Crippen LogP contribution is -1.98. The summed E-state index contributed by atoms with van der Waals surface area (Å²) in [5, 5.41) is 10.7. The van der Waals surface area contributed by atoms with Crippen molar-refractivity contribution >= 4 is 22.5 Å². The number of halogens is 1. The quantitative estimate of drug-likeness (QED) is 0.745. The van der Waals surface area contributed by atoms with Gasteiger partial charge in [0.25, 0.3) is 0 Å². The number of H-pyrrole nitrogens is 1. The van der Waals surface area contributed by atoms with Gasteiger partial charge in [0.15, 0.2) is 5.15 Å². The van der Waals surface area contributed by atoms with Gasteiger partial charge in [-0.1, -0.05) is 29.8 Å². The van der Waals surface area contributed by atoms with Gasteiger partial charge in [-0.3, -0.25) is 0 Å². The number of hydrogen-bond donors (Lipinski definition) is 2. The van der Waals surface area contributed by atoms with E-state index in [0.29, 0.717) is 10.8 Å². The molecule has 0 saturated heterocycles. The molecule has 0 fully saturated rings. The van der Waals surface area contributed by atoms with Crippen molar-refractivity contribution in [3.63, 3.8) is 0 Å². The summed E-state index contributed by atoms with van der Waals surface area (Å²) >= 11 is 6.02. The molecule has 5 heteroatoms. The Labute approximate surface area is 109 Å². The minimum atomic E-state index is -0.120. The minimum absolute atomic E-state index is 0.120. The zero-order chi connectivity index (χ0) is 12.7. The van der Waals surface area contributed by atoms with Crippen LogP contribution in [-0.4, -0.2) is 19.6 Å². The Bertz CT molecular complexity index is 714. The minimum Gasteiger partial charge on any atom is -0.390 e. The normalized spacial score (nSPS) is 11.3. The molecule has 92 valence electrons. The summed E-state index contributed by atoms with van der Waals surface area (Å²) in [4.78, 5) is 7.52. The predicted molar refractivity (Wildman–Crippen MR) is 71.4 cm³/mol. The summed E-state index contributed by atoms with van der Waals surface area (Å²) in [6.45, 7) is -0.120. The van der Waals surface area contributed by atoms with Crippen LogP contribution >= 0.6 is 11.6 Å². The van der Waals surface area contributed by atoms with Gasteiger partial charge in [-0.05, 0) is 6.07 Å². The summed E-state index contributed by atoms with van der Waals surface area (Å²) in [5.41, 5.74) is 2.66. The lowest BCUT2D eigenvalue weighted by molar-refractivity contribution is 0.273. The van der Waals surface area contributed by atoms with Gasteiger partial charge < -0.3 is 14.7 Å². The van der Waals surface area contributed by atoms with Crippen LogP contribution in [0.15, 0.2) is 30.5 Å². The summed E-state index contributed by atoms with van der Waals surface area (Å²) in [7, 11) is 1.85. The van der Waals surface area contributed by atoms with E-state index in [1.165, 1.54) is 0 Å². The van der Waals surface area contributed by atoms with E-state index in [1.807, 2.05) is 42.1 Å². The van der Waals surface area contributed by atoms with Crippen molar-refractivity contribution in [3.05, 3.63) is 41.3 Å². The Hall–Kier alpha value is -1.78. The van der Waals surface area contributed by atoms with Crippen LogP contribution in [0, 0.1) is 0 Å². The Morgan fingerprint density at radius 2 is 2.17 bits per heavy atom. The topological polar surface area (TPSA) is 53.8 Å². The van der Waals surface area contributed by atoms with Crippen LogP contribution in [0.25, 0.3) is 22.3 Å². The molecule has 0 saturated carbocycles. The summed E-state index contributed by atoms with van der Waals surface area (Å²) in [5.74, 6) is 0.751. The lowest BCUT2D eigenvalue weighted by Gasteiger charge is -2.02. The number of fused-ring (bicyclic) bond motifs is 1. The number of aliphatic hydroxyl groups excluding tert-OH is 1. The highest BCUT2D eigenvalue weighted by molar-refractivity contribution is 6.30. The first kappa shape index (κ1) is 11.3. The van der Waals surface area contributed by atoms with Gasteiger partial charge in [0.1, 0.15) is 5.82 Å². The van der Waals surface area contributed by atoms with E-state index < -0.39 is 0 Å². The van der Waals surface area contributed by atoms with Crippen LogP contribution < -0.4 is 0 Å². The van der Waals surface area contributed by atoms with E-state index in [4.69, 9.17) is 11.6 Å². The number of benzene rings is 1. The Morgan fingerprint density at radius 1 is 1.39 bits per heavy atom. The maximum absolute atomic E-state index is 9.27. The van der Waals surface area contributed by atoms with Crippen LogP contribution in [-0.2, 0) is 13.7 Å². The third-order valence-electron chi connectivity index (χ3n) is 3.14. The molecule has 3 aromatic rings. The fourth-order valence-corrected chi connectivity index (χ4v) is 2.43. The van der Waals surface area contributed by atoms with Gasteiger partial charge in [0.2, 0.25) is 0 Å². The number of aromatic amines is 1. The van der Waals surface area contributed by atoms with Crippen molar-refractivity contribution in [3.8, 4) is 11.4 Å². The second kappa shape index (κ2) is 4.15. The largest absolute Gasteiger partial charge is 0.390 e. The molecule has 0 atom stereocenters. The highest BCUT2D eigenvalue weighted by Crippen LogP contribution is 2.30. The van der Waals surface area contributed by atoms with E-state index in [9.17, 15) is 5.11 Å². The van der Waals surface area contributed by atoms with Gasteiger partial charge in [0, 0.05) is 29.7 Å². The van der Waals surface area contributed by atoms with Gasteiger partial charge in [-0.15, -0.1) is 0 Å². The van der Waals surface area contributed by atoms with E-state index >= 15 is 0 Å². The molecule has 2 N–H and O–H groups in total. The van der Waals surface area contributed by atoms with Crippen molar-refractivity contribution in [2.24, 2.45) is 7.05 Å². The van der Waals surface area contributed by atoms with Crippen LogP contribution in [0.3, 0.4) is 0 Å². The number of hydrogen-bond acceptors (Lipinski definition) is 2. The molecule has 0 aliphatic rings.